The number of nitrogens with one attached hydrogen (secondary N) is 1. The third-order valence-electron chi connectivity index (χ3n) is 5.87. The number of hydrogen-bond donors (Lipinski definition) is 1. The van der Waals surface area contributed by atoms with Gasteiger partial charge in [-0.2, -0.15) is 0 Å². The molecule has 2 unspecified atom stereocenters. The summed E-state index contributed by atoms with van der Waals surface area (Å²) in [6.07, 6.45) is 14.8. The summed E-state index contributed by atoms with van der Waals surface area (Å²) in [5.41, 5.74) is 0. The van der Waals surface area contributed by atoms with E-state index in [1.165, 1.54) is 90.4 Å². The van der Waals surface area contributed by atoms with Crippen molar-refractivity contribution in [3.8, 4) is 0 Å². The molecule has 0 spiro atoms. The minimum atomic E-state index is 0.968. The molecule has 0 amide bonds. The van der Waals surface area contributed by atoms with Crippen LogP contribution in [0.15, 0.2) is 0 Å². The van der Waals surface area contributed by atoms with Gasteiger partial charge in [0.25, 0.3) is 0 Å². The molecule has 19 heavy (non-hydrogen) atoms. The lowest BCUT2D eigenvalue weighted by Gasteiger charge is -2.44. The Kier molecular flexibility index (Phi) is 5.17. The first kappa shape index (κ1) is 13.9. The Morgan fingerprint density at radius 2 is 1.68 bits per heavy atom. The van der Waals surface area contributed by atoms with Crippen molar-refractivity contribution in [2.75, 3.05) is 26.2 Å². The highest BCUT2D eigenvalue weighted by molar-refractivity contribution is 4.87. The molecule has 3 aliphatic rings. The maximum Gasteiger partial charge on any atom is 0.0123 e. The van der Waals surface area contributed by atoms with Gasteiger partial charge in [-0.3, -0.25) is 0 Å². The van der Waals surface area contributed by atoms with E-state index in [4.69, 9.17) is 0 Å². The fourth-order valence-electron chi connectivity index (χ4n) is 4.76. The van der Waals surface area contributed by atoms with Crippen LogP contribution in [0.1, 0.15) is 64.2 Å². The van der Waals surface area contributed by atoms with Crippen molar-refractivity contribution in [2.45, 2.75) is 70.3 Å². The van der Waals surface area contributed by atoms with Crippen molar-refractivity contribution in [1.82, 2.24) is 10.2 Å². The average molecular weight is 264 g/mol. The summed E-state index contributed by atoms with van der Waals surface area (Å²) < 4.78 is 0. The highest BCUT2D eigenvalue weighted by Crippen LogP contribution is 2.35. The number of fused-ring (bicyclic) bond motifs is 1. The van der Waals surface area contributed by atoms with E-state index < -0.39 is 0 Å². The first-order valence-corrected chi connectivity index (χ1v) is 8.88. The van der Waals surface area contributed by atoms with E-state index in [-0.39, 0.29) is 0 Å². The first-order chi connectivity index (χ1) is 9.43. The van der Waals surface area contributed by atoms with Crippen molar-refractivity contribution in [3.63, 3.8) is 0 Å². The highest BCUT2D eigenvalue weighted by Gasteiger charge is 2.32. The maximum absolute atomic E-state index is 3.48. The van der Waals surface area contributed by atoms with Gasteiger partial charge in [0.1, 0.15) is 0 Å². The Balaban J connectivity index is 1.40. The first-order valence-electron chi connectivity index (χ1n) is 8.88. The molecular weight excluding hydrogens is 232 g/mol. The Morgan fingerprint density at radius 1 is 0.895 bits per heavy atom. The van der Waals surface area contributed by atoms with E-state index in [0.717, 1.165) is 17.9 Å². The second kappa shape index (κ2) is 7.08. The SMILES string of the molecule is C1CCC2C(C1)CCCN2CCCC1CCNCC1. The van der Waals surface area contributed by atoms with Crippen LogP contribution in [0.3, 0.4) is 0 Å². The summed E-state index contributed by atoms with van der Waals surface area (Å²) in [5.74, 6) is 2.08. The summed E-state index contributed by atoms with van der Waals surface area (Å²) in [7, 11) is 0. The lowest BCUT2D eigenvalue weighted by Crippen LogP contribution is -2.47. The number of nitrogens with zero attached hydrogens (tertiary/aromatic N) is 1. The third kappa shape index (κ3) is 3.72. The van der Waals surface area contributed by atoms with Crippen LogP contribution in [0.2, 0.25) is 0 Å². The summed E-state index contributed by atoms with van der Waals surface area (Å²) in [6.45, 7) is 5.32. The molecule has 3 rings (SSSR count). The van der Waals surface area contributed by atoms with Crippen molar-refractivity contribution >= 4 is 0 Å². The molecule has 110 valence electrons. The average Bonchev–Trinajstić information content (AvgIpc) is 2.49. The lowest BCUT2D eigenvalue weighted by molar-refractivity contribution is 0.0582. The molecule has 3 fully saturated rings. The standard InChI is InChI=1S/C17H32N2/c1-2-8-17-16(6-1)7-4-14-19(17)13-3-5-15-9-11-18-12-10-15/h15-18H,1-14H2. The van der Waals surface area contributed by atoms with Crippen molar-refractivity contribution in [1.29, 1.82) is 0 Å². The van der Waals surface area contributed by atoms with Gasteiger partial charge in [0.2, 0.25) is 0 Å². The summed E-state index contributed by atoms with van der Waals surface area (Å²) in [4.78, 5) is 2.87. The molecule has 0 aromatic heterocycles. The van der Waals surface area contributed by atoms with Crippen LogP contribution in [0, 0.1) is 11.8 Å². The van der Waals surface area contributed by atoms with Gasteiger partial charge in [-0.25, -0.2) is 0 Å². The zero-order chi connectivity index (χ0) is 12.9. The molecular formula is C17H32N2. The van der Waals surface area contributed by atoms with E-state index in [2.05, 4.69) is 10.2 Å². The molecule has 2 heterocycles. The van der Waals surface area contributed by atoms with Crippen molar-refractivity contribution in [3.05, 3.63) is 0 Å². The van der Waals surface area contributed by atoms with E-state index in [1.54, 1.807) is 0 Å². The normalized spacial score (nSPS) is 34.1. The molecule has 0 radical (unpaired) electrons. The number of piperidine rings is 2. The minimum absolute atomic E-state index is 0.968. The summed E-state index contributed by atoms with van der Waals surface area (Å²) >= 11 is 0. The van der Waals surface area contributed by atoms with E-state index in [9.17, 15) is 0 Å². The zero-order valence-corrected chi connectivity index (χ0v) is 12.6. The molecule has 2 nitrogen and oxygen atoms in total. The Morgan fingerprint density at radius 3 is 2.58 bits per heavy atom. The van der Waals surface area contributed by atoms with Crippen LogP contribution in [-0.4, -0.2) is 37.1 Å². The van der Waals surface area contributed by atoms with E-state index in [1.807, 2.05) is 0 Å². The van der Waals surface area contributed by atoms with Gasteiger partial charge in [-0.1, -0.05) is 12.8 Å². The Hall–Kier alpha value is -0.0800. The smallest absolute Gasteiger partial charge is 0.0123 e. The van der Waals surface area contributed by atoms with Gasteiger partial charge in [0.15, 0.2) is 0 Å². The van der Waals surface area contributed by atoms with Gasteiger partial charge in [0.05, 0.1) is 0 Å². The molecule has 2 atom stereocenters. The maximum atomic E-state index is 3.48. The van der Waals surface area contributed by atoms with Gasteiger partial charge in [0, 0.05) is 6.04 Å². The predicted octanol–water partition coefficient (Wildman–Crippen LogP) is 3.42. The van der Waals surface area contributed by atoms with Crippen LogP contribution in [0.5, 0.6) is 0 Å². The van der Waals surface area contributed by atoms with E-state index >= 15 is 0 Å². The zero-order valence-electron chi connectivity index (χ0n) is 12.6. The molecule has 0 aromatic rings. The van der Waals surface area contributed by atoms with Gasteiger partial charge in [-0.05, 0) is 89.4 Å². The second-order valence-corrected chi connectivity index (χ2v) is 7.13. The lowest BCUT2D eigenvalue weighted by atomic mass is 9.78. The summed E-state index contributed by atoms with van der Waals surface area (Å²) in [6, 6.07) is 0.968. The van der Waals surface area contributed by atoms with Gasteiger partial charge in [-0.15, -0.1) is 0 Å². The van der Waals surface area contributed by atoms with Crippen LogP contribution >= 0.6 is 0 Å². The second-order valence-electron chi connectivity index (χ2n) is 7.13. The molecule has 0 bridgehead atoms. The highest BCUT2D eigenvalue weighted by atomic mass is 15.2. The molecule has 0 aromatic carbocycles. The Labute approximate surface area is 119 Å². The number of rotatable bonds is 4. The number of hydrogen-bond acceptors (Lipinski definition) is 2. The Bertz CT molecular complexity index is 258. The molecule has 2 saturated heterocycles. The van der Waals surface area contributed by atoms with E-state index in [0.29, 0.717) is 0 Å². The van der Waals surface area contributed by atoms with Gasteiger partial charge < -0.3 is 10.2 Å². The number of likely N-dealkylation sites (tertiary alicyclic amines) is 1. The van der Waals surface area contributed by atoms with Crippen LogP contribution in [-0.2, 0) is 0 Å². The fourth-order valence-corrected chi connectivity index (χ4v) is 4.76. The largest absolute Gasteiger partial charge is 0.317 e. The monoisotopic (exact) mass is 264 g/mol. The predicted molar refractivity (Wildman–Crippen MR) is 81.4 cm³/mol. The minimum Gasteiger partial charge on any atom is -0.317 e. The third-order valence-corrected chi connectivity index (χ3v) is 5.87. The molecule has 1 N–H and O–H groups in total. The summed E-state index contributed by atoms with van der Waals surface area (Å²) in [5, 5.41) is 3.48. The fraction of sp³-hybridized carbons (Fsp3) is 1.00. The van der Waals surface area contributed by atoms with Crippen LogP contribution in [0.4, 0.5) is 0 Å². The van der Waals surface area contributed by atoms with Crippen molar-refractivity contribution in [2.24, 2.45) is 11.8 Å². The van der Waals surface area contributed by atoms with Crippen LogP contribution in [0.25, 0.3) is 0 Å². The van der Waals surface area contributed by atoms with Crippen LogP contribution < -0.4 is 5.32 Å². The molecule has 1 aliphatic carbocycles. The molecule has 1 saturated carbocycles. The van der Waals surface area contributed by atoms with Gasteiger partial charge >= 0.3 is 0 Å². The molecule has 2 heteroatoms. The molecule has 2 aliphatic heterocycles. The topological polar surface area (TPSA) is 15.3 Å². The van der Waals surface area contributed by atoms with Crippen molar-refractivity contribution < 1.29 is 0 Å². The quantitative estimate of drug-likeness (QED) is 0.837.